The minimum atomic E-state index is -0.305. The lowest BCUT2D eigenvalue weighted by Crippen LogP contribution is -2.35. The molecule has 0 bridgehead atoms. The molecule has 1 unspecified atom stereocenters. The highest BCUT2D eigenvalue weighted by Gasteiger charge is 2.48. The Morgan fingerprint density at radius 3 is 2.41 bits per heavy atom. The number of nitrogens with one attached hydrogen (secondary N) is 1. The second-order valence-electron chi connectivity index (χ2n) is 6.67. The van der Waals surface area contributed by atoms with Gasteiger partial charge in [-0.25, -0.2) is 0 Å². The van der Waals surface area contributed by atoms with E-state index in [1.54, 1.807) is 0 Å². The highest BCUT2D eigenvalue weighted by molar-refractivity contribution is 5.82. The van der Waals surface area contributed by atoms with Gasteiger partial charge in [0.05, 0.1) is 11.2 Å². The van der Waals surface area contributed by atoms with Crippen LogP contribution in [0.25, 0.3) is 0 Å². The summed E-state index contributed by atoms with van der Waals surface area (Å²) in [6, 6.07) is 0.687. The largest absolute Gasteiger partial charge is 0.369 e. The van der Waals surface area contributed by atoms with E-state index in [0.29, 0.717) is 18.2 Å². The Hall–Kier alpha value is -0.410. The monoisotopic (exact) mass is 239 g/mol. The van der Waals surface area contributed by atoms with Crippen molar-refractivity contribution in [3.05, 3.63) is 0 Å². The Kier molecular flexibility index (Phi) is 3.34. The molecule has 17 heavy (non-hydrogen) atoms. The maximum absolute atomic E-state index is 12.2. The van der Waals surface area contributed by atoms with Crippen LogP contribution in [0.5, 0.6) is 0 Å². The first-order valence-electron chi connectivity index (χ1n) is 6.76. The van der Waals surface area contributed by atoms with Crippen molar-refractivity contribution in [1.29, 1.82) is 0 Å². The third-order valence-electron chi connectivity index (χ3n) is 3.84. The number of carbonyl (C=O) groups excluding carboxylic acids is 1. The molecule has 0 aromatic rings. The van der Waals surface area contributed by atoms with Crippen LogP contribution in [0.1, 0.15) is 53.4 Å². The van der Waals surface area contributed by atoms with E-state index >= 15 is 0 Å². The molecule has 98 valence electrons. The molecule has 1 N–H and O–H groups in total. The smallest absolute Gasteiger partial charge is 0.140 e. The molecule has 1 aliphatic carbocycles. The minimum absolute atomic E-state index is 0.0542. The Balaban J connectivity index is 1.84. The van der Waals surface area contributed by atoms with Crippen LogP contribution in [0.15, 0.2) is 0 Å². The summed E-state index contributed by atoms with van der Waals surface area (Å²) in [5, 5.41) is 3.40. The molecule has 0 aromatic carbocycles. The number of ether oxygens (including phenoxy) is 1. The third kappa shape index (κ3) is 3.29. The average Bonchev–Trinajstić information content (AvgIpc) is 2.92. The molecule has 0 aromatic heterocycles. The van der Waals surface area contributed by atoms with Gasteiger partial charge in [0.2, 0.25) is 0 Å². The van der Waals surface area contributed by atoms with Crippen molar-refractivity contribution < 1.29 is 9.53 Å². The summed E-state index contributed by atoms with van der Waals surface area (Å²) in [5.41, 5.74) is -0.464. The second-order valence-corrected chi connectivity index (χ2v) is 6.67. The lowest BCUT2D eigenvalue weighted by Gasteiger charge is -2.26. The Morgan fingerprint density at radius 1 is 1.29 bits per heavy atom. The Labute approximate surface area is 104 Å². The normalized spacial score (nSPS) is 30.5. The van der Waals surface area contributed by atoms with Gasteiger partial charge in [-0.05, 0) is 47.0 Å². The Bertz CT molecular complexity index is 305. The number of hydrogen-bond acceptors (Lipinski definition) is 3. The molecule has 0 amide bonds. The van der Waals surface area contributed by atoms with Crippen LogP contribution in [-0.4, -0.2) is 29.6 Å². The molecule has 0 radical (unpaired) electrons. The van der Waals surface area contributed by atoms with Gasteiger partial charge in [0.15, 0.2) is 0 Å². The first-order chi connectivity index (χ1) is 7.80. The van der Waals surface area contributed by atoms with Crippen LogP contribution in [0.3, 0.4) is 0 Å². The molecule has 3 heteroatoms. The highest BCUT2D eigenvalue weighted by Crippen LogP contribution is 2.42. The molecular formula is C14H25NO2. The summed E-state index contributed by atoms with van der Waals surface area (Å²) >= 11 is 0. The van der Waals surface area contributed by atoms with Gasteiger partial charge in [-0.1, -0.05) is 0 Å². The van der Waals surface area contributed by atoms with Crippen molar-refractivity contribution in [2.75, 3.05) is 6.54 Å². The van der Waals surface area contributed by atoms with E-state index in [1.165, 1.54) is 12.8 Å². The van der Waals surface area contributed by atoms with Crippen molar-refractivity contribution in [1.82, 2.24) is 5.32 Å². The minimum Gasteiger partial charge on any atom is -0.369 e. The number of ketones is 1. The molecule has 1 saturated heterocycles. The van der Waals surface area contributed by atoms with Gasteiger partial charge in [0.1, 0.15) is 5.78 Å². The fraction of sp³-hybridized carbons (Fsp3) is 0.929. The lowest BCUT2D eigenvalue weighted by atomic mass is 9.83. The molecule has 2 rings (SSSR count). The number of hydrogen-bond donors (Lipinski definition) is 1. The van der Waals surface area contributed by atoms with E-state index in [2.05, 4.69) is 19.2 Å². The third-order valence-corrected chi connectivity index (χ3v) is 3.84. The zero-order valence-corrected chi connectivity index (χ0v) is 11.5. The first-order valence-corrected chi connectivity index (χ1v) is 6.76. The summed E-state index contributed by atoms with van der Waals surface area (Å²) in [7, 11) is 0. The molecule has 2 fully saturated rings. The van der Waals surface area contributed by atoms with Crippen LogP contribution >= 0.6 is 0 Å². The zero-order chi connectivity index (χ0) is 12.7. The van der Waals surface area contributed by atoms with Crippen LogP contribution in [-0.2, 0) is 9.53 Å². The van der Waals surface area contributed by atoms with Crippen LogP contribution in [0.2, 0.25) is 0 Å². The van der Waals surface area contributed by atoms with Crippen molar-refractivity contribution >= 4 is 5.78 Å². The summed E-state index contributed by atoms with van der Waals surface area (Å²) in [6.07, 6.45) is 4.05. The van der Waals surface area contributed by atoms with Crippen LogP contribution < -0.4 is 5.32 Å². The molecule has 2 aliphatic rings. The first kappa shape index (κ1) is 13.0. The number of Topliss-reactive ketones (excluding diaryl/α,β-unsaturated/α-hetero) is 1. The summed E-state index contributed by atoms with van der Waals surface area (Å²) in [4.78, 5) is 12.2. The maximum Gasteiger partial charge on any atom is 0.140 e. The van der Waals surface area contributed by atoms with E-state index in [9.17, 15) is 4.79 Å². The lowest BCUT2D eigenvalue weighted by molar-refractivity contribution is -0.129. The molecular weight excluding hydrogens is 214 g/mol. The van der Waals surface area contributed by atoms with Crippen molar-refractivity contribution in [2.24, 2.45) is 5.92 Å². The van der Waals surface area contributed by atoms with E-state index in [-0.39, 0.29) is 17.1 Å². The second kappa shape index (κ2) is 4.36. The van der Waals surface area contributed by atoms with Gasteiger partial charge >= 0.3 is 0 Å². The molecule has 3 nitrogen and oxygen atoms in total. The molecule has 1 aliphatic heterocycles. The van der Waals surface area contributed by atoms with Crippen LogP contribution in [0, 0.1) is 5.92 Å². The van der Waals surface area contributed by atoms with Crippen molar-refractivity contribution in [3.63, 3.8) is 0 Å². The van der Waals surface area contributed by atoms with Gasteiger partial charge in [-0.2, -0.15) is 0 Å². The van der Waals surface area contributed by atoms with E-state index < -0.39 is 0 Å². The molecule has 0 spiro atoms. The van der Waals surface area contributed by atoms with Gasteiger partial charge in [0.25, 0.3) is 0 Å². The predicted octanol–water partition coefficient (Wildman–Crippen LogP) is 2.29. The standard InChI is InChI=1S/C14H25NO2/c1-13(2)9-11(14(3,4)17-13)12(16)7-8-15-10-5-6-10/h10-11,15H,5-9H2,1-4H3. The van der Waals surface area contributed by atoms with Crippen molar-refractivity contribution in [3.8, 4) is 0 Å². The van der Waals surface area contributed by atoms with Crippen molar-refractivity contribution in [2.45, 2.75) is 70.6 Å². The average molecular weight is 239 g/mol. The predicted molar refractivity (Wildman–Crippen MR) is 68.0 cm³/mol. The topological polar surface area (TPSA) is 38.3 Å². The quantitative estimate of drug-likeness (QED) is 0.800. The van der Waals surface area contributed by atoms with Crippen LogP contribution in [0.4, 0.5) is 0 Å². The van der Waals surface area contributed by atoms with Gasteiger partial charge in [0, 0.05) is 24.9 Å². The maximum atomic E-state index is 12.2. The molecule has 1 atom stereocenters. The van der Waals surface area contributed by atoms with E-state index in [0.717, 1.165) is 13.0 Å². The SMILES string of the molecule is CC1(C)CC(C(=O)CCNC2CC2)C(C)(C)O1. The van der Waals surface area contributed by atoms with E-state index in [1.807, 2.05) is 13.8 Å². The number of carbonyl (C=O) groups is 1. The van der Waals surface area contributed by atoms with Gasteiger partial charge < -0.3 is 10.1 Å². The van der Waals surface area contributed by atoms with Gasteiger partial charge in [-0.3, -0.25) is 4.79 Å². The van der Waals surface area contributed by atoms with Gasteiger partial charge in [-0.15, -0.1) is 0 Å². The molecule has 1 saturated carbocycles. The fourth-order valence-corrected chi connectivity index (χ4v) is 2.92. The summed E-state index contributed by atoms with van der Waals surface area (Å²) in [6.45, 7) is 9.06. The number of rotatable bonds is 5. The molecule has 1 heterocycles. The fourth-order valence-electron chi connectivity index (χ4n) is 2.92. The van der Waals surface area contributed by atoms with E-state index in [4.69, 9.17) is 4.74 Å². The Morgan fingerprint density at radius 2 is 1.94 bits per heavy atom. The summed E-state index contributed by atoms with van der Waals surface area (Å²) in [5.74, 6) is 0.409. The summed E-state index contributed by atoms with van der Waals surface area (Å²) < 4.78 is 5.97. The zero-order valence-electron chi connectivity index (χ0n) is 11.5. The highest BCUT2D eigenvalue weighted by atomic mass is 16.5.